The molecule has 0 fully saturated rings. The summed E-state index contributed by atoms with van der Waals surface area (Å²) in [7, 11) is 0. The number of hydrogen-bond donors (Lipinski definition) is 0. The molecule has 1 spiro atoms. The third-order valence-corrected chi connectivity index (χ3v) is 11.9. The monoisotopic (exact) mass is 794 g/mol. The van der Waals surface area contributed by atoms with Crippen LogP contribution < -0.4 is 4.74 Å². The molecule has 12 rings (SSSR count). The molecule has 0 saturated heterocycles. The van der Waals surface area contributed by atoms with Crippen LogP contribution in [0, 0.1) is 0 Å². The van der Waals surface area contributed by atoms with Crippen molar-refractivity contribution in [3.05, 3.63) is 229 Å². The van der Waals surface area contributed by atoms with Crippen molar-refractivity contribution in [1.29, 1.82) is 0 Å². The van der Waals surface area contributed by atoms with Gasteiger partial charge in [-0.1, -0.05) is 188 Å². The van der Waals surface area contributed by atoms with Crippen molar-refractivity contribution >= 4 is 0 Å². The summed E-state index contributed by atoms with van der Waals surface area (Å²) < 4.78 is 6.93. The molecular weight excluding hydrogens is 761 g/mol. The summed E-state index contributed by atoms with van der Waals surface area (Å²) in [5, 5.41) is 0. The van der Waals surface area contributed by atoms with E-state index in [4.69, 9.17) is 34.6 Å². The maximum Gasteiger partial charge on any atom is 0.164 e. The highest BCUT2D eigenvalue weighted by Crippen LogP contribution is 2.62. The zero-order chi connectivity index (χ0) is 41.0. The van der Waals surface area contributed by atoms with E-state index in [-0.39, 0.29) is 0 Å². The minimum atomic E-state index is -0.730. The molecule has 7 nitrogen and oxygen atoms in total. The first-order chi connectivity index (χ1) is 30.7. The normalized spacial score (nSPS) is 14.3. The molecule has 1 unspecified atom stereocenters. The second-order valence-corrected chi connectivity index (χ2v) is 15.4. The van der Waals surface area contributed by atoms with Gasteiger partial charge in [-0.15, -0.1) is 0 Å². The molecule has 290 valence electrons. The topological polar surface area (TPSA) is 86.6 Å². The SMILES string of the molecule is c1ccc(-c2nc(-c3ccccc3)nc(-c3ccc4c(c3)Oc3ccccc3C43c4ccccc4-c4ccc(-c5nc(-c6ccccc6)nc(-c6ccccc6)n5)cc43)n2)cc1. The maximum absolute atomic E-state index is 6.93. The molecule has 0 saturated carbocycles. The number of ether oxygens (including phenoxy) is 1. The maximum atomic E-state index is 6.93. The Kier molecular flexibility index (Phi) is 8.25. The van der Waals surface area contributed by atoms with Crippen molar-refractivity contribution < 1.29 is 4.74 Å². The number of rotatable bonds is 6. The van der Waals surface area contributed by atoms with Gasteiger partial charge in [0.15, 0.2) is 34.9 Å². The van der Waals surface area contributed by atoms with Crippen LogP contribution in [-0.4, -0.2) is 29.9 Å². The summed E-state index contributed by atoms with van der Waals surface area (Å²) in [6.07, 6.45) is 0. The summed E-state index contributed by atoms with van der Waals surface area (Å²) >= 11 is 0. The average Bonchev–Trinajstić information content (AvgIpc) is 3.64. The number of aromatic nitrogens is 6. The highest BCUT2D eigenvalue weighted by Gasteiger charge is 2.51. The summed E-state index contributed by atoms with van der Waals surface area (Å²) in [5.41, 5.74) is 11.4. The van der Waals surface area contributed by atoms with E-state index < -0.39 is 5.41 Å². The van der Waals surface area contributed by atoms with Crippen LogP contribution in [0.3, 0.4) is 0 Å². The van der Waals surface area contributed by atoms with Crippen LogP contribution in [-0.2, 0) is 5.41 Å². The van der Waals surface area contributed by atoms with Gasteiger partial charge in [-0.3, -0.25) is 0 Å². The minimum Gasteiger partial charge on any atom is -0.457 e. The quantitative estimate of drug-likeness (QED) is 0.166. The van der Waals surface area contributed by atoms with Crippen LogP contribution in [0.1, 0.15) is 22.3 Å². The molecule has 0 amide bonds. The van der Waals surface area contributed by atoms with Crippen LogP contribution >= 0.6 is 0 Å². The molecule has 2 aliphatic rings. The molecule has 10 aromatic rings. The Bertz CT molecular complexity index is 3210. The van der Waals surface area contributed by atoms with Gasteiger partial charge in [0.1, 0.15) is 11.5 Å². The molecule has 3 heterocycles. The van der Waals surface area contributed by atoms with E-state index in [0.29, 0.717) is 34.9 Å². The second-order valence-electron chi connectivity index (χ2n) is 15.4. The van der Waals surface area contributed by atoms with Gasteiger partial charge in [0.05, 0.1) is 5.41 Å². The van der Waals surface area contributed by atoms with Gasteiger partial charge >= 0.3 is 0 Å². The first-order valence-electron chi connectivity index (χ1n) is 20.6. The first kappa shape index (κ1) is 35.5. The average molecular weight is 795 g/mol. The molecule has 0 bridgehead atoms. The predicted octanol–water partition coefficient (Wildman–Crippen LogP) is 12.5. The molecule has 1 atom stereocenters. The highest BCUT2D eigenvalue weighted by atomic mass is 16.5. The molecule has 1 aliphatic carbocycles. The molecule has 62 heavy (non-hydrogen) atoms. The number of hydrogen-bond acceptors (Lipinski definition) is 7. The Morgan fingerprint density at radius 2 is 0.629 bits per heavy atom. The third kappa shape index (κ3) is 5.74. The van der Waals surface area contributed by atoms with E-state index in [1.165, 1.54) is 11.1 Å². The van der Waals surface area contributed by atoms with Gasteiger partial charge in [-0.2, -0.15) is 0 Å². The Labute approximate surface area is 358 Å². The van der Waals surface area contributed by atoms with Crippen molar-refractivity contribution in [2.24, 2.45) is 0 Å². The van der Waals surface area contributed by atoms with Crippen molar-refractivity contribution in [3.63, 3.8) is 0 Å². The van der Waals surface area contributed by atoms with Gasteiger partial charge in [-0.25, -0.2) is 29.9 Å². The summed E-state index contributed by atoms with van der Waals surface area (Å²) in [5.74, 6) is 5.11. The van der Waals surface area contributed by atoms with E-state index in [2.05, 4.69) is 78.9 Å². The van der Waals surface area contributed by atoms with Crippen molar-refractivity contribution in [3.8, 4) is 91.0 Å². The number of fused-ring (bicyclic) bond motifs is 9. The second kappa shape index (κ2) is 14.4. The fraction of sp³-hybridized carbons (Fsp3) is 0.0182. The molecular formula is C55H34N6O. The van der Waals surface area contributed by atoms with E-state index in [0.717, 1.165) is 67.1 Å². The number of benzene rings is 8. The Morgan fingerprint density at radius 3 is 1.15 bits per heavy atom. The minimum absolute atomic E-state index is 0.560. The summed E-state index contributed by atoms with van der Waals surface area (Å²) in [4.78, 5) is 30.3. The molecule has 8 aromatic carbocycles. The van der Waals surface area contributed by atoms with Gasteiger partial charge < -0.3 is 4.74 Å². The van der Waals surface area contributed by atoms with Gasteiger partial charge in [-0.05, 0) is 40.5 Å². The lowest BCUT2D eigenvalue weighted by molar-refractivity contribution is 0.436. The lowest BCUT2D eigenvalue weighted by Crippen LogP contribution is -2.32. The van der Waals surface area contributed by atoms with Crippen LogP contribution in [0.4, 0.5) is 0 Å². The third-order valence-electron chi connectivity index (χ3n) is 11.9. The van der Waals surface area contributed by atoms with Crippen LogP contribution in [0.15, 0.2) is 206 Å². The molecule has 2 aromatic heterocycles. The van der Waals surface area contributed by atoms with Gasteiger partial charge in [0, 0.05) is 44.5 Å². The number of para-hydroxylation sites is 1. The first-order valence-corrected chi connectivity index (χ1v) is 20.6. The molecule has 0 radical (unpaired) electrons. The lowest BCUT2D eigenvalue weighted by atomic mass is 9.66. The van der Waals surface area contributed by atoms with Crippen molar-refractivity contribution in [2.45, 2.75) is 5.41 Å². The zero-order valence-corrected chi connectivity index (χ0v) is 33.2. The van der Waals surface area contributed by atoms with E-state index >= 15 is 0 Å². The molecule has 7 heteroatoms. The van der Waals surface area contributed by atoms with Crippen molar-refractivity contribution in [2.75, 3.05) is 0 Å². The standard InChI is InChI=1S/C55H34N6O/c1-5-17-35(18-6-1)49-56-50(36-19-7-2-8-20-36)59-53(58-49)39-29-31-42-41-25-13-14-26-43(41)55(46(42)33-39)44-27-15-16-28-47(44)62-48-34-40(30-32-45(48)55)54-60-51(37-21-9-3-10-22-37)57-52(61-54)38-23-11-4-12-24-38/h1-34H. The number of nitrogens with zero attached hydrogens (tertiary/aromatic N) is 6. The van der Waals surface area contributed by atoms with Gasteiger partial charge in [0.2, 0.25) is 0 Å². The zero-order valence-electron chi connectivity index (χ0n) is 33.2. The summed E-state index contributed by atoms with van der Waals surface area (Å²) in [6.45, 7) is 0. The predicted molar refractivity (Wildman–Crippen MR) is 243 cm³/mol. The largest absolute Gasteiger partial charge is 0.457 e. The smallest absolute Gasteiger partial charge is 0.164 e. The van der Waals surface area contributed by atoms with Crippen LogP contribution in [0.25, 0.3) is 79.5 Å². The van der Waals surface area contributed by atoms with Crippen LogP contribution in [0.2, 0.25) is 0 Å². The molecule has 0 N–H and O–H groups in total. The summed E-state index contributed by atoms with van der Waals surface area (Å²) in [6, 6.07) is 70.4. The Balaban J connectivity index is 1.07. The van der Waals surface area contributed by atoms with E-state index in [9.17, 15) is 0 Å². The van der Waals surface area contributed by atoms with E-state index in [1.807, 2.05) is 127 Å². The fourth-order valence-corrected chi connectivity index (χ4v) is 9.06. The highest BCUT2D eigenvalue weighted by molar-refractivity contribution is 5.90. The van der Waals surface area contributed by atoms with Gasteiger partial charge in [0.25, 0.3) is 0 Å². The fourth-order valence-electron chi connectivity index (χ4n) is 9.06. The van der Waals surface area contributed by atoms with Crippen molar-refractivity contribution in [1.82, 2.24) is 29.9 Å². The molecule has 1 aliphatic heterocycles. The Morgan fingerprint density at radius 1 is 0.258 bits per heavy atom. The van der Waals surface area contributed by atoms with E-state index in [1.54, 1.807) is 0 Å². The Hall–Kier alpha value is -8.42. The van der Waals surface area contributed by atoms with Crippen LogP contribution in [0.5, 0.6) is 11.5 Å². The lowest BCUT2D eigenvalue weighted by Gasteiger charge is -2.39.